The zero-order chi connectivity index (χ0) is 19.4. The Labute approximate surface area is 155 Å². The summed E-state index contributed by atoms with van der Waals surface area (Å²) in [6.07, 6.45) is 0. The molecule has 3 rings (SSSR count). The van der Waals surface area contributed by atoms with Crippen LogP contribution in [0.1, 0.15) is 0 Å². The smallest absolute Gasteiger partial charge is 0.277 e. The first-order valence-electron chi connectivity index (χ1n) is 8.00. The lowest BCUT2D eigenvalue weighted by atomic mass is 10.2. The second-order valence-electron chi connectivity index (χ2n) is 5.55. The molecule has 27 heavy (non-hydrogen) atoms. The molecule has 0 aliphatic heterocycles. The van der Waals surface area contributed by atoms with Gasteiger partial charge in [-0.3, -0.25) is 4.79 Å². The van der Waals surface area contributed by atoms with Crippen molar-refractivity contribution in [3.63, 3.8) is 0 Å². The molecular formula is C17H18N4O5S. The van der Waals surface area contributed by atoms with Gasteiger partial charge in [-0.2, -0.15) is 0 Å². The summed E-state index contributed by atoms with van der Waals surface area (Å²) in [6, 6.07) is 11.1. The van der Waals surface area contributed by atoms with E-state index in [1.54, 1.807) is 24.3 Å². The molecule has 0 amide bonds. The minimum absolute atomic E-state index is 0.0242. The van der Waals surface area contributed by atoms with Crippen LogP contribution in [0, 0.1) is 0 Å². The number of hydrogen-bond donors (Lipinski definition) is 1. The van der Waals surface area contributed by atoms with E-state index < -0.39 is 10.0 Å². The Morgan fingerprint density at radius 3 is 2.56 bits per heavy atom. The summed E-state index contributed by atoms with van der Waals surface area (Å²) >= 11 is 0. The highest BCUT2D eigenvalue weighted by molar-refractivity contribution is 7.89. The molecule has 0 saturated heterocycles. The van der Waals surface area contributed by atoms with Crippen LogP contribution >= 0.6 is 0 Å². The molecule has 0 aliphatic rings. The van der Waals surface area contributed by atoms with Crippen molar-refractivity contribution in [3.05, 3.63) is 52.8 Å². The number of nitrogens with one attached hydrogen (secondary N) is 1. The maximum Gasteiger partial charge on any atom is 0.277 e. The molecule has 0 saturated carbocycles. The first-order chi connectivity index (χ1) is 13.0. The number of hydrogen-bond acceptors (Lipinski definition) is 7. The highest BCUT2D eigenvalue weighted by atomic mass is 32.2. The number of methoxy groups -OCH3 is 2. The highest BCUT2D eigenvalue weighted by Gasteiger charge is 2.17. The van der Waals surface area contributed by atoms with Gasteiger partial charge in [-0.15, -0.1) is 5.10 Å². The summed E-state index contributed by atoms with van der Waals surface area (Å²) in [5.41, 5.74) is 0.163. The van der Waals surface area contributed by atoms with E-state index in [1.165, 1.54) is 32.4 Å². The number of ether oxygens (including phenoxy) is 2. The van der Waals surface area contributed by atoms with Gasteiger partial charge in [0.15, 0.2) is 11.5 Å². The van der Waals surface area contributed by atoms with E-state index >= 15 is 0 Å². The van der Waals surface area contributed by atoms with Gasteiger partial charge in [0.1, 0.15) is 5.52 Å². The Balaban J connectivity index is 1.75. The van der Waals surface area contributed by atoms with Crippen LogP contribution in [-0.2, 0) is 16.6 Å². The van der Waals surface area contributed by atoms with Crippen molar-refractivity contribution in [1.29, 1.82) is 0 Å². The summed E-state index contributed by atoms with van der Waals surface area (Å²) in [5, 5.41) is 8.22. The van der Waals surface area contributed by atoms with Crippen molar-refractivity contribution in [2.45, 2.75) is 11.4 Å². The average Bonchev–Trinajstić information content (AvgIpc) is 2.69. The molecule has 0 fully saturated rings. The molecule has 0 atom stereocenters. The number of nitrogens with zero attached hydrogens (tertiary/aromatic N) is 3. The van der Waals surface area contributed by atoms with Crippen LogP contribution in [0.15, 0.2) is 52.2 Å². The minimum Gasteiger partial charge on any atom is -0.493 e. The third-order valence-electron chi connectivity index (χ3n) is 3.91. The van der Waals surface area contributed by atoms with Gasteiger partial charge in [0.2, 0.25) is 10.0 Å². The van der Waals surface area contributed by atoms with E-state index in [9.17, 15) is 13.2 Å². The number of rotatable bonds is 7. The largest absolute Gasteiger partial charge is 0.493 e. The first-order valence-corrected chi connectivity index (χ1v) is 9.49. The highest BCUT2D eigenvalue weighted by Crippen LogP contribution is 2.29. The second-order valence-corrected chi connectivity index (χ2v) is 7.32. The topological polar surface area (TPSA) is 112 Å². The van der Waals surface area contributed by atoms with E-state index in [2.05, 4.69) is 15.0 Å². The molecule has 1 N–H and O–H groups in total. The predicted molar refractivity (Wildman–Crippen MR) is 98.5 cm³/mol. The van der Waals surface area contributed by atoms with Gasteiger partial charge >= 0.3 is 0 Å². The molecule has 3 aromatic rings. The van der Waals surface area contributed by atoms with Gasteiger partial charge in [0.05, 0.1) is 31.0 Å². The summed E-state index contributed by atoms with van der Waals surface area (Å²) in [6.45, 7) is 0.0206. The molecule has 1 heterocycles. The third kappa shape index (κ3) is 3.91. The van der Waals surface area contributed by atoms with Gasteiger partial charge in [-0.05, 0) is 24.3 Å². The van der Waals surface area contributed by atoms with Crippen LogP contribution in [0.4, 0.5) is 0 Å². The lowest BCUT2D eigenvalue weighted by Gasteiger charge is -2.11. The zero-order valence-corrected chi connectivity index (χ0v) is 15.6. The summed E-state index contributed by atoms with van der Waals surface area (Å²) in [5.74, 6) is 0.728. The normalized spacial score (nSPS) is 11.5. The molecule has 0 radical (unpaired) electrons. The maximum absolute atomic E-state index is 12.5. The molecule has 9 nitrogen and oxygen atoms in total. The zero-order valence-electron chi connectivity index (χ0n) is 14.7. The van der Waals surface area contributed by atoms with Gasteiger partial charge in [-0.1, -0.05) is 17.3 Å². The fourth-order valence-corrected chi connectivity index (χ4v) is 3.56. The lowest BCUT2D eigenvalue weighted by Crippen LogP contribution is -2.32. The van der Waals surface area contributed by atoms with Crippen LogP contribution in [0.3, 0.4) is 0 Å². The van der Waals surface area contributed by atoms with Crippen molar-refractivity contribution in [1.82, 2.24) is 19.7 Å². The molecule has 0 spiro atoms. The number of benzene rings is 2. The summed E-state index contributed by atoms with van der Waals surface area (Å²) < 4.78 is 38.7. The van der Waals surface area contributed by atoms with Crippen molar-refractivity contribution in [2.24, 2.45) is 0 Å². The van der Waals surface area contributed by atoms with E-state index in [0.717, 1.165) is 4.68 Å². The van der Waals surface area contributed by atoms with Crippen molar-refractivity contribution in [3.8, 4) is 11.5 Å². The Bertz CT molecular complexity index is 1130. The summed E-state index contributed by atoms with van der Waals surface area (Å²) in [7, 11) is -0.904. The molecule has 0 aliphatic carbocycles. The molecule has 10 heteroatoms. The maximum atomic E-state index is 12.5. The number of sulfonamides is 1. The van der Waals surface area contributed by atoms with Gasteiger partial charge in [0, 0.05) is 12.6 Å². The van der Waals surface area contributed by atoms with Crippen molar-refractivity contribution in [2.75, 3.05) is 20.8 Å². The quantitative estimate of drug-likeness (QED) is 0.634. The van der Waals surface area contributed by atoms with Crippen LogP contribution in [0.5, 0.6) is 11.5 Å². The average molecular weight is 390 g/mol. The van der Waals surface area contributed by atoms with Crippen LogP contribution < -0.4 is 19.8 Å². The number of aromatic nitrogens is 3. The van der Waals surface area contributed by atoms with Crippen LogP contribution in [0.25, 0.3) is 10.9 Å². The van der Waals surface area contributed by atoms with Crippen molar-refractivity contribution >= 4 is 20.9 Å². The van der Waals surface area contributed by atoms with Crippen LogP contribution in [0.2, 0.25) is 0 Å². The van der Waals surface area contributed by atoms with Gasteiger partial charge in [0.25, 0.3) is 5.56 Å². The Morgan fingerprint density at radius 2 is 1.81 bits per heavy atom. The molecule has 142 valence electrons. The van der Waals surface area contributed by atoms with E-state index in [0.29, 0.717) is 22.4 Å². The standard InChI is InChI=1S/C17H18N4O5S/c1-25-15-8-7-12(11-16(15)26-2)27(23,24)18-9-10-21-17(22)13-5-3-4-6-14(13)19-20-21/h3-8,11,18H,9-10H2,1-2H3. The number of fused-ring (bicyclic) bond motifs is 1. The third-order valence-corrected chi connectivity index (χ3v) is 5.37. The Morgan fingerprint density at radius 1 is 1.07 bits per heavy atom. The lowest BCUT2D eigenvalue weighted by molar-refractivity contribution is 0.354. The predicted octanol–water partition coefficient (Wildman–Crippen LogP) is 0.787. The molecule has 0 unspecified atom stereocenters. The fraction of sp³-hybridized carbons (Fsp3) is 0.235. The molecular weight excluding hydrogens is 372 g/mol. The Kier molecular flexibility index (Phi) is 5.38. The monoisotopic (exact) mass is 390 g/mol. The van der Waals surface area contributed by atoms with Gasteiger partial charge < -0.3 is 9.47 Å². The fourth-order valence-electron chi connectivity index (χ4n) is 2.52. The summed E-state index contributed by atoms with van der Waals surface area (Å²) in [4.78, 5) is 12.4. The van der Waals surface area contributed by atoms with Crippen molar-refractivity contribution < 1.29 is 17.9 Å². The molecule has 1 aromatic heterocycles. The van der Waals surface area contributed by atoms with E-state index in [-0.39, 0.29) is 23.5 Å². The van der Waals surface area contributed by atoms with E-state index in [4.69, 9.17) is 9.47 Å². The SMILES string of the molecule is COc1ccc(S(=O)(=O)NCCn2nnc3ccccc3c2=O)cc1OC. The minimum atomic E-state index is -3.79. The first kappa shape index (κ1) is 18.8. The van der Waals surface area contributed by atoms with Crippen LogP contribution in [-0.4, -0.2) is 44.2 Å². The Hall–Kier alpha value is -2.98. The van der Waals surface area contributed by atoms with Gasteiger partial charge in [-0.25, -0.2) is 17.8 Å². The molecule has 0 bridgehead atoms. The van der Waals surface area contributed by atoms with E-state index in [1.807, 2.05) is 0 Å². The second kappa shape index (κ2) is 7.72. The molecule has 2 aromatic carbocycles.